The number of aryl methyl sites for hydroxylation is 1. The fourth-order valence-electron chi connectivity index (χ4n) is 2.73. The van der Waals surface area contributed by atoms with Gasteiger partial charge in [0, 0.05) is 11.3 Å². The zero-order chi connectivity index (χ0) is 15.8. The minimum Gasteiger partial charge on any atom is -0.282 e. The van der Waals surface area contributed by atoms with Crippen LogP contribution in [0.2, 0.25) is 0 Å². The summed E-state index contributed by atoms with van der Waals surface area (Å²) in [5, 5.41) is 18.8. The highest BCUT2D eigenvalue weighted by Crippen LogP contribution is 2.29. The first-order valence-corrected chi connectivity index (χ1v) is 7.67. The lowest BCUT2D eigenvalue weighted by atomic mass is 10.2. The van der Waals surface area contributed by atoms with E-state index in [4.69, 9.17) is 12.2 Å². The van der Waals surface area contributed by atoms with E-state index in [0.29, 0.717) is 10.6 Å². The van der Waals surface area contributed by atoms with Crippen molar-refractivity contribution in [2.75, 3.05) is 0 Å². The van der Waals surface area contributed by atoms with Crippen LogP contribution in [0.5, 0.6) is 0 Å². The molecule has 8 heteroatoms. The summed E-state index contributed by atoms with van der Waals surface area (Å²) in [5.41, 5.74) is 3.88. The molecule has 0 fully saturated rings. The molecule has 2 aromatic heterocycles. The van der Waals surface area contributed by atoms with E-state index < -0.39 is 0 Å². The molecular weight excluding hydrogens is 315 g/mol. The minimum atomic E-state index is -0.283. The average molecular weight is 328 g/mol. The number of nitrogens with one attached hydrogen (secondary N) is 2. The van der Waals surface area contributed by atoms with Gasteiger partial charge in [0.1, 0.15) is 11.5 Å². The van der Waals surface area contributed by atoms with Crippen LogP contribution < -0.4 is 0 Å². The number of benzene rings is 1. The molecule has 6 nitrogen and oxygen atoms in total. The number of rotatable bonds is 3. The van der Waals surface area contributed by atoms with Crippen molar-refractivity contribution in [3.63, 3.8) is 0 Å². The Balaban J connectivity index is 1.73. The highest BCUT2D eigenvalue weighted by atomic mass is 32.1. The molecule has 1 aliphatic rings. The second kappa shape index (κ2) is 5.54. The van der Waals surface area contributed by atoms with Crippen LogP contribution >= 0.6 is 12.2 Å². The number of aromatic amines is 2. The summed E-state index contributed by atoms with van der Waals surface area (Å²) in [5.74, 6) is 0.294. The third-order valence-corrected chi connectivity index (χ3v) is 4.13. The monoisotopic (exact) mass is 328 g/mol. The van der Waals surface area contributed by atoms with Crippen molar-refractivity contribution in [2.45, 2.75) is 19.3 Å². The molecule has 4 rings (SSSR count). The van der Waals surface area contributed by atoms with Crippen molar-refractivity contribution in [1.82, 2.24) is 25.1 Å². The van der Waals surface area contributed by atoms with Crippen molar-refractivity contribution in [1.29, 1.82) is 0 Å². The number of hydrogen-bond acceptors (Lipinski definition) is 4. The van der Waals surface area contributed by atoms with Gasteiger partial charge in [0.15, 0.2) is 0 Å². The second-order valence-corrected chi connectivity index (χ2v) is 5.73. The summed E-state index contributed by atoms with van der Waals surface area (Å²) in [4.78, 5) is 0. The van der Waals surface area contributed by atoms with E-state index in [1.165, 1.54) is 22.4 Å². The zero-order valence-electron chi connectivity index (χ0n) is 12.1. The van der Waals surface area contributed by atoms with Gasteiger partial charge in [-0.1, -0.05) is 12.1 Å². The van der Waals surface area contributed by atoms with Crippen LogP contribution in [-0.4, -0.2) is 31.3 Å². The van der Waals surface area contributed by atoms with Gasteiger partial charge in [-0.2, -0.15) is 20.0 Å². The van der Waals surface area contributed by atoms with E-state index in [1.807, 2.05) is 0 Å². The number of fused-ring (bicyclic) bond motifs is 1. The fourth-order valence-corrected chi connectivity index (χ4v) is 2.91. The maximum Gasteiger partial charge on any atom is 0.216 e. The van der Waals surface area contributed by atoms with Crippen molar-refractivity contribution in [2.24, 2.45) is 5.10 Å². The van der Waals surface area contributed by atoms with Crippen LogP contribution in [0.1, 0.15) is 23.2 Å². The van der Waals surface area contributed by atoms with Crippen LogP contribution in [0, 0.1) is 10.6 Å². The molecule has 116 valence electrons. The Morgan fingerprint density at radius 1 is 1.17 bits per heavy atom. The Morgan fingerprint density at radius 3 is 2.83 bits per heavy atom. The third-order valence-electron chi connectivity index (χ3n) is 3.86. The van der Waals surface area contributed by atoms with Gasteiger partial charge in [0.05, 0.1) is 6.21 Å². The highest BCUT2D eigenvalue weighted by Gasteiger charge is 2.23. The summed E-state index contributed by atoms with van der Waals surface area (Å²) in [6, 6.07) is 6.07. The molecule has 2 N–H and O–H groups in total. The maximum atomic E-state index is 12.9. The number of aromatic nitrogens is 5. The molecule has 1 aromatic carbocycles. The molecule has 0 spiro atoms. The van der Waals surface area contributed by atoms with E-state index in [2.05, 4.69) is 25.5 Å². The first-order chi connectivity index (χ1) is 11.2. The van der Waals surface area contributed by atoms with E-state index >= 15 is 0 Å². The Labute approximate surface area is 136 Å². The van der Waals surface area contributed by atoms with Gasteiger partial charge in [-0.3, -0.25) is 5.10 Å². The van der Waals surface area contributed by atoms with Crippen LogP contribution in [-0.2, 0) is 12.8 Å². The SMILES string of the molecule is Fc1ccc(/C=N/n2c(-c3n[nH]c4c3CCC4)n[nH]c2=S)cc1. The van der Waals surface area contributed by atoms with Gasteiger partial charge in [-0.05, 0) is 49.2 Å². The predicted octanol–water partition coefficient (Wildman–Crippen LogP) is 2.84. The molecule has 0 saturated heterocycles. The Morgan fingerprint density at radius 2 is 2.00 bits per heavy atom. The second-order valence-electron chi connectivity index (χ2n) is 5.34. The minimum absolute atomic E-state index is 0.283. The maximum absolute atomic E-state index is 12.9. The van der Waals surface area contributed by atoms with Gasteiger partial charge in [-0.15, -0.1) is 0 Å². The van der Waals surface area contributed by atoms with Gasteiger partial charge >= 0.3 is 0 Å². The Kier molecular flexibility index (Phi) is 3.38. The van der Waals surface area contributed by atoms with E-state index in [9.17, 15) is 4.39 Å². The zero-order valence-corrected chi connectivity index (χ0v) is 12.9. The first kappa shape index (κ1) is 14.0. The molecule has 0 unspecified atom stereocenters. The Bertz CT molecular complexity index is 934. The van der Waals surface area contributed by atoms with E-state index in [1.54, 1.807) is 18.3 Å². The summed E-state index contributed by atoms with van der Waals surface area (Å²) < 4.78 is 14.9. The third kappa shape index (κ3) is 2.50. The quantitative estimate of drug-likeness (QED) is 0.573. The fraction of sp³-hybridized carbons (Fsp3) is 0.200. The van der Waals surface area contributed by atoms with Crippen molar-refractivity contribution >= 4 is 18.4 Å². The van der Waals surface area contributed by atoms with Gasteiger partial charge < -0.3 is 0 Å². The lowest BCUT2D eigenvalue weighted by molar-refractivity contribution is 0.628. The summed E-state index contributed by atoms with van der Waals surface area (Å²) >= 11 is 5.24. The van der Waals surface area contributed by atoms with Crippen LogP contribution in [0.4, 0.5) is 4.39 Å². The normalized spacial score (nSPS) is 13.8. The molecule has 23 heavy (non-hydrogen) atoms. The summed E-state index contributed by atoms with van der Waals surface area (Å²) in [6.07, 6.45) is 4.70. The number of nitrogens with zero attached hydrogens (tertiary/aromatic N) is 4. The Hall–Kier alpha value is -2.61. The van der Waals surface area contributed by atoms with Gasteiger partial charge in [-0.25, -0.2) is 9.49 Å². The van der Waals surface area contributed by atoms with E-state index in [0.717, 1.165) is 36.2 Å². The number of halogens is 1. The standard InChI is InChI=1S/C15H13FN6S/c16-10-6-4-9(5-7-10)8-17-22-14(20-21-15(22)23)13-11-2-1-3-12(11)18-19-13/h4-8H,1-3H2,(H,18,19)(H,21,23)/b17-8+. The molecule has 0 amide bonds. The molecular formula is C15H13FN6S. The molecule has 0 atom stereocenters. The van der Waals surface area contributed by atoms with Crippen LogP contribution in [0.25, 0.3) is 11.5 Å². The lowest BCUT2D eigenvalue weighted by Crippen LogP contribution is -1.97. The molecule has 2 heterocycles. The molecule has 0 bridgehead atoms. The molecule has 0 aliphatic heterocycles. The first-order valence-electron chi connectivity index (χ1n) is 7.26. The van der Waals surface area contributed by atoms with Gasteiger partial charge in [0.2, 0.25) is 10.6 Å². The van der Waals surface area contributed by atoms with Gasteiger partial charge in [0.25, 0.3) is 0 Å². The molecule has 0 saturated carbocycles. The predicted molar refractivity (Wildman–Crippen MR) is 86.4 cm³/mol. The van der Waals surface area contributed by atoms with Crippen molar-refractivity contribution in [3.05, 3.63) is 51.7 Å². The molecule has 3 aromatic rings. The largest absolute Gasteiger partial charge is 0.282 e. The van der Waals surface area contributed by atoms with Crippen LogP contribution in [0.15, 0.2) is 29.4 Å². The highest BCUT2D eigenvalue weighted by molar-refractivity contribution is 7.71. The average Bonchev–Trinajstić information content (AvgIpc) is 3.23. The number of hydrogen-bond donors (Lipinski definition) is 2. The van der Waals surface area contributed by atoms with Crippen molar-refractivity contribution < 1.29 is 4.39 Å². The lowest BCUT2D eigenvalue weighted by Gasteiger charge is -1.99. The van der Waals surface area contributed by atoms with E-state index in [-0.39, 0.29) is 5.82 Å². The summed E-state index contributed by atoms with van der Waals surface area (Å²) in [7, 11) is 0. The molecule has 0 radical (unpaired) electrons. The molecule has 1 aliphatic carbocycles. The smallest absolute Gasteiger partial charge is 0.216 e. The topological polar surface area (TPSA) is 74.7 Å². The van der Waals surface area contributed by atoms with Crippen molar-refractivity contribution in [3.8, 4) is 11.5 Å². The van der Waals surface area contributed by atoms with Crippen LogP contribution in [0.3, 0.4) is 0 Å². The summed E-state index contributed by atoms with van der Waals surface area (Å²) in [6.45, 7) is 0. The number of H-pyrrole nitrogens is 2.